The van der Waals surface area contributed by atoms with Crippen molar-refractivity contribution < 1.29 is 18.3 Å². The molecule has 2 aliphatic rings. The van der Waals surface area contributed by atoms with Crippen LogP contribution in [0.15, 0.2) is 12.3 Å². The van der Waals surface area contributed by atoms with Gasteiger partial charge in [0.05, 0.1) is 11.3 Å². The van der Waals surface area contributed by atoms with Gasteiger partial charge in [0.25, 0.3) is 5.92 Å². The van der Waals surface area contributed by atoms with E-state index in [9.17, 15) is 13.6 Å². The van der Waals surface area contributed by atoms with Gasteiger partial charge in [0.15, 0.2) is 0 Å². The number of ether oxygens (including phenoxy) is 1. The highest BCUT2D eigenvalue weighted by Gasteiger charge is 2.81. The molecule has 1 saturated heterocycles. The molecule has 1 spiro atoms. The van der Waals surface area contributed by atoms with Crippen molar-refractivity contribution in [2.75, 3.05) is 13.1 Å². The highest BCUT2D eigenvalue weighted by molar-refractivity contribution is 5.68. The first-order chi connectivity index (χ1) is 10.2. The van der Waals surface area contributed by atoms with Crippen LogP contribution in [0.4, 0.5) is 13.6 Å². The molecular weight excluding hydrogens is 292 g/mol. The van der Waals surface area contributed by atoms with Crippen LogP contribution in [0.25, 0.3) is 0 Å². The van der Waals surface area contributed by atoms with Gasteiger partial charge in [-0.15, -0.1) is 0 Å². The summed E-state index contributed by atoms with van der Waals surface area (Å²) >= 11 is 0. The van der Waals surface area contributed by atoms with E-state index in [1.54, 1.807) is 26.8 Å². The predicted octanol–water partition coefficient (Wildman–Crippen LogP) is 3.16. The minimum Gasteiger partial charge on any atom is -0.444 e. The number of alkyl halides is 2. The first kappa shape index (κ1) is 15.2. The molecule has 1 saturated carbocycles. The lowest BCUT2D eigenvalue weighted by Gasteiger charge is -2.33. The molecule has 0 radical (unpaired) electrons. The molecule has 1 aliphatic carbocycles. The number of aromatic nitrogens is 2. The minimum absolute atomic E-state index is 0.281. The van der Waals surface area contributed by atoms with Crippen molar-refractivity contribution in [3.63, 3.8) is 0 Å². The van der Waals surface area contributed by atoms with Crippen molar-refractivity contribution in [1.29, 1.82) is 0 Å². The zero-order chi connectivity index (χ0) is 16.2. The smallest absolute Gasteiger partial charge is 0.410 e. The number of carbonyl (C=O) groups is 1. The van der Waals surface area contributed by atoms with Gasteiger partial charge in [-0.1, -0.05) is 0 Å². The summed E-state index contributed by atoms with van der Waals surface area (Å²) in [6, 6.07) is 1.60. The van der Waals surface area contributed by atoms with Crippen LogP contribution in [0.5, 0.6) is 0 Å². The maximum atomic E-state index is 14.3. The fourth-order valence-corrected chi connectivity index (χ4v) is 3.47. The largest absolute Gasteiger partial charge is 0.444 e. The molecule has 1 aliphatic heterocycles. The number of hydrogen-bond acceptors (Lipinski definition) is 3. The molecule has 1 aromatic rings. The number of nitrogens with one attached hydrogen (secondary N) is 1. The first-order valence-electron chi connectivity index (χ1n) is 7.52. The molecule has 7 heteroatoms. The Morgan fingerprint density at radius 3 is 2.55 bits per heavy atom. The number of piperidine rings is 1. The number of hydrogen-bond donors (Lipinski definition) is 1. The summed E-state index contributed by atoms with van der Waals surface area (Å²) in [6.07, 6.45) is 1.63. The van der Waals surface area contributed by atoms with E-state index in [1.807, 2.05) is 0 Å². The van der Waals surface area contributed by atoms with Crippen molar-refractivity contribution in [2.45, 2.75) is 51.1 Å². The molecule has 1 atom stereocenters. The Labute approximate surface area is 128 Å². The van der Waals surface area contributed by atoms with Crippen molar-refractivity contribution in [1.82, 2.24) is 15.1 Å². The van der Waals surface area contributed by atoms with Gasteiger partial charge in [0.1, 0.15) is 5.60 Å². The molecule has 5 nitrogen and oxygen atoms in total. The van der Waals surface area contributed by atoms with E-state index in [0.29, 0.717) is 18.8 Å². The van der Waals surface area contributed by atoms with Crippen molar-refractivity contribution in [3.8, 4) is 0 Å². The zero-order valence-corrected chi connectivity index (χ0v) is 13.0. The van der Waals surface area contributed by atoms with E-state index in [-0.39, 0.29) is 12.8 Å². The third kappa shape index (κ3) is 2.27. The molecule has 2 heterocycles. The van der Waals surface area contributed by atoms with Crippen LogP contribution < -0.4 is 0 Å². The summed E-state index contributed by atoms with van der Waals surface area (Å²) in [5, 5.41) is 6.42. The molecule has 3 rings (SSSR count). The van der Waals surface area contributed by atoms with Crippen LogP contribution in [0, 0.1) is 5.41 Å². The number of rotatable bonds is 1. The highest BCUT2D eigenvalue weighted by Crippen LogP contribution is 2.75. The second-order valence-electron chi connectivity index (χ2n) is 7.19. The Kier molecular flexibility index (Phi) is 3.23. The lowest BCUT2D eigenvalue weighted by molar-refractivity contribution is 0.00115. The Bertz CT molecular complexity index is 558. The van der Waals surface area contributed by atoms with Crippen molar-refractivity contribution >= 4 is 6.09 Å². The predicted molar refractivity (Wildman–Crippen MR) is 75.7 cm³/mol. The molecule has 1 unspecified atom stereocenters. The second kappa shape index (κ2) is 4.67. The van der Waals surface area contributed by atoms with Gasteiger partial charge in [-0.05, 0) is 39.7 Å². The van der Waals surface area contributed by atoms with Gasteiger partial charge in [0, 0.05) is 25.0 Å². The van der Waals surface area contributed by atoms with E-state index in [2.05, 4.69) is 10.2 Å². The Balaban J connectivity index is 1.66. The van der Waals surface area contributed by atoms with Crippen LogP contribution in [-0.4, -0.2) is 45.8 Å². The minimum atomic E-state index is -2.74. The number of amides is 1. The Hall–Kier alpha value is -1.66. The van der Waals surface area contributed by atoms with E-state index in [4.69, 9.17) is 4.74 Å². The van der Waals surface area contributed by atoms with Crippen LogP contribution in [0.1, 0.15) is 45.2 Å². The third-order valence-corrected chi connectivity index (χ3v) is 4.64. The molecule has 2 fully saturated rings. The van der Waals surface area contributed by atoms with Crippen LogP contribution in [-0.2, 0) is 4.74 Å². The lowest BCUT2D eigenvalue weighted by atomic mass is 9.90. The normalized spacial score (nSPS) is 26.0. The van der Waals surface area contributed by atoms with Crippen LogP contribution in [0.3, 0.4) is 0 Å². The van der Waals surface area contributed by atoms with Crippen LogP contribution in [0.2, 0.25) is 0 Å². The average molecular weight is 313 g/mol. The molecule has 22 heavy (non-hydrogen) atoms. The summed E-state index contributed by atoms with van der Waals surface area (Å²) in [6.45, 7) is 5.98. The summed E-state index contributed by atoms with van der Waals surface area (Å²) in [4.78, 5) is 13.5. The Morgan fingerprint density at radius 2 is 2.05 bits per heavy atom. The standard InChI is InChI=1S/C15H21F2N3O2/c1-13(2,3)22-12(21)20-8-5-14(6-9-20)11(15(14,16)17)10-4-7-18-19-10/h4,7,11H,5-6,8-9H2,1-3H3,(H,18,19). The molecule has 0 aromatic carbocycles. The van der Waals surface area contributed by atoms with Crippen LogP contribution >= 0.6 is 0 Å². The number of aromatic amines is 1. The summed E-state index contributed by atoms with van der Waals surface area (Å²) in [5.41, 5.74) is -1.14. The summed E-state index contributed by atoms with van der Waals surface area (Å²) in [5.74, 6) is -3.55. The average Bonchev–Trinajstić information content (AvgIpc) is 2.80. The van der Waals surface area contributed by atoms with E-state index < -0.39 is 28.9 Å². The molecule has 122 valence electrons. The molecule has 0 bridgehead atoms. The number of H-pyrrole nitrogens is 1. The molecular formula is C15H21F2N3O2. The van der Waals surface area contributed by atoms with Gasteiger partial charge < -0.3 is 9.64 Å². The van der Waals surface area contributed by atoms with Gasteiger partial charge in [0.2, 0.25) is 0 Å². The second-order valence-corrected chi connectivity index (χ2v) is 7.19. The van der Waals surface area contributed by atoms with Crippen molar-refractivity contribution in [2.24, 2.45) is 5.41 Å². The number of carbonyl (C=O) groups excluding carboxylic acids is 1. The Morgan fingerprint density at radius 1 is 1.41 bits per heavy atom. The van der Waals surface area contributed by atoms with Crippen molar-refractivity contribution in [3.05, 3.63) is 18.0 Å². The maximum absolute atomic E-state index is 14.3. The monoisotopic (exact) mass is 313 g/mol. The van der Waals surface area contributed by atoms with Gasteiger partial charge in [-0.2, -0.15) is 5.10 Å². The summed E-state index contributed by atoms with van der Waals surface area (Å²) < 4.78 is 33.9. The van der Waals surface area contributed by atoms with E-state index in [1.165, 1.54) is 11.1 Å². The molecule has 1 N–H and O–H groups in total. The third-order valence-electron chi connectivity index (χ3n) is 4.64. The topological polar surface area (TPSA) is 58.2 Å². The summed E-state index contributed by atoms with van der Waals surface area (Å²) in [7, 11) is 0. The fraction of sp³-hybridized carbons (Fsp3) is 0.733. The quantitative estimate of drug-likeness (QED) is 0.866. The number of halogens is 2. The highest BCUT2D eigenvalue weighted by atomic mass is 19.3. The van der Waals surface area contributed by atoms with Gasteiger partial charge >= 0.3 is 6.09 Å². The lowest BCUT2D eigenvalue weighted by Crippen LogP contribution is -2.43. The first-order valence-corrected chi connectivity index (χ1v) is 7.52. The molecule has 1 amide bonds. The number of likely N-dealkylation sites (tertiary alicyclic amines) is 1. The van der Waals surface area contributed by atoms with Gasteiger partial charge in [-0.3, -0.25) is 5.10 Å². The zero-order valence-electron chi connectivity index (χ0n) is 13.0. The van der Waals surface area contributed by atoms with Gasteiger partial charge in [-0.25, -0.2) is 13.6 Å². The molecule has 1 aromatic heterocycles. The van der Waals surface area contributed by atoms with E-state index in [0.717, 1.165) is 0 Å². The maximum Gasteiger partial charge on any atom is 0.410 e. The SMILES string of the molecule is CC(C)(C)OC(=O)N1CCC2(CC1)C(c1ccn[nH]1)C2(F)F. The van der Waals surface area contributed by atoms with E-state index >= 15 is 0 Å². The fourth-order valence-electron chi connectivity index (χ4n) is 3.47. The number of nitrogens with zero attached hydrogens (tertiary/aromatic N) is 2.